The Balaban J connectivity index is 2.55. The standard InChI is InChI=1S/C9H9ClN2O/c10-7-1-3-12-8(5-7)6-11-9(12)2-4-13/h1,3,5-6,13H,2,4H2. The van der Waals surface area contributed by atoms with Crippen molar-refractivity contribution < 1.29 is 5.11 Å². The average molecular weight is 197 g/mol. The monoisotopic (exact) mass is 196 g/mol. The van der Waals surface area contributed by atoms with Gasteiger partial charge in [-0.05, 0) is 12.1 Å². The summed E-state index contributed by atoms with van der Waals surface area (Å²) >= 11 is 5.81. The molecule has 2 heterocycles. The summed E-state index contributed by atoms with van der Waals surface area (Å²) in [7, 11) is 0. The minimum atomic E-state index is 0.113. The van der Waals surface area contributed by atoms with E-state index in [2.05, 4.69) is 4.98 Å². The van der Waals surface area contributed by atoms with Crippen molar-refractivity contribution in [3.05, 3.63) is 35.4 Å². The van der Waals surface area contributed by atoms with E-state index in [9.17, 15) is 0 Å². The van der Waals surface area contributed by atoms with E-state index in [4.69, 9.17) is 16.7 Å². The van der Waals surface area contributed by atoms with E-state index in [1.165, 1.54) is 0 Å². The Hall–Kier alpha value is -1.06. The average Bonchev–Trinajstić information content (AvgIpc) is 2.49. The Morgan fingerprint density at radius 2 is 2.38 bits per heavy atom. The molecule has 0 spiro atoms. The summed E-state index contributed by atoms with van der Waals surface area (Å²) < 4.78 is 1.92. The summed E-state index contributed by atoms with van der Waals surface area (Å²) in [6.45, 7) is 0.113. The van der Waals surface area contributed by atoms with Crippen LogP contribution in [0.1, 0.15) is 5.82 Å². The fourth-order valence-corrected chi connectivity index (χ4v) is 1.48. The first kappa shape index (κ1) is 8.53. The van der Waals surface area contributed by atoms with Crippen LogP contribution in [0.3, 0.4) is 0 Å². The lowest BCUT2D eigenvalue weighted by atomic mass is 10.4. The van der Waals surface area contributed by atoms with Gasteiger partial charge in [0.05, 0.1) is 18.3 Å². The van der Waals surface area contributed by atoms with E-state index >= 15 is 0 Å². The highest BCUT2D eigenvalue weighted by Crippen LogP contribution is 2.13. The molecule has 0 aliphatic rings. The van der Waals surface area contributed by atoms with Crippen LogP contribution in [0, 0.1) is 0 Å². The number of fused-ring (bicyclic) bond motifs is 1. The molecule has 0 amide bonds. The summed E-state index contributed by atoms with van der Waals surface area (Å²) in [6.07, 6.45) is 4.17. The van der Waals surface area contributed by atoms with Gasteiger partial charge in [-0.2, -0.15) is 0 Å². The molecule has 3 nitrogen and oxygen atoms in total. The second kappa shape index (κ2) is 3.36. The molecule has 2 aromatic rings. The zero-order chi connectivity index (χ0) is 9.26. The van der Waals surface area contributed by atoms with E-state index in [1.807, 2.05) is 16.7 Å². The van der Waals surface area contributed by atoms with Crippen LogP contribution in [0.25, 0.3) is 5.52 Å². The molecule has 0 aromatic carbocycles. The number of halogens is 1. The number of pyridine rings is 1. The molecule has 1 N–H and O–H groups in total. The molecular formula is C9H9ClN2O. The molecule has 0 saturated heterocycles. The Kier molecular flexibility index (Phi) is 2.20. The van der Waals surface area contributed by atoms with Crippen LogP contribution in [-0.4, -0.2) is 21.1 Å². The molecule has 0 atom stereocenters. The molecule has 0 saturated carbocycles. The lowest BCUT2D eigenvalue weighted by molar-refractivity contribution is 0.296. The second-order valence-corrected chi connectivity index (χ2v) is 3.22. The van der Waals surface area contributed by atoms with Crippen molar-refractivity contribution in [3.8, 4) is 0 Å². The van der Waals surface area contributed by atoms with Crippen LogP contribution >= 0.6 is 11.6 Å². The largest absolute Gasteiger partial charge is 0.396 e. The van der Waals surface area contributed by atoms with Gasteiger partial charge in [-0.15, -0.1) is 0 Å². The first-order valence-electron chi connectivity index (χ1n) is 4.03. The molecule has 2 aromatic heterocycles. The lowest BCUT2D eigenvalue weighted by Gasteiger charge is -1.98. The number of imidazole rings is 1. The predicted molar refractivity (Wildman–Crippen MR) is 51.0 cm³/mol. The van der Waals surface area contributed by atoms with E-state index in [0.29, 0.717) is 11.4 Å². The number of hydrogen-bond acceptors (Lipinski definition) is 2. The first-order chi connectivity index (χ1) is 6.31. The van der Waals surface area contributed by atoms with Crippen molar-refractivity contribution in [1.29, 1.82) is 0 Å². The van der Waals surface area contributed by atoms with Gasteiger partial charge in [0.25, 0.3) is 0 Å². The normalized spacial score (nSPS) is 10.9. The van der Waals surface area contributed by atoms with E-state index in [1.54, 1.807) is 12.3 Å². The zero-order valence-electron chi connectivity index (χ0n) is 6.94. The molecule has 68 valence electrons. The number of rotatable bonds is 2. The number of hydrogen-bond donors (Lipinski definition) is 1. The van der Waals surface area contributed by atoms with Crippen molar-refractivity contribution in [3.63, 3.8) is 0 Å². The highest BCUT2D eigenvalue weighted by atomic mass is 35.5. The molecule has 0 radical (unpaired) electrons. The summed E-state index contributed by atoms with van der Waals surface area (Å²) in [5, 5.41) is 9.47. The van der Waals surface area contributed by atoms with E-state index < -0.39 is 0 Å². The highest BCUT2D eigenvalue weighted by Gasteiger charge is 2.02. The van der Waals surface area contributed by atoms with E-state index in [-0.39, 0.29) is 6.61 Å². The van der Waals surface area contributed by atoms with Gasteiger partial charge >= 0.3 is 0 Å². The second-order valence-electron chi connectivity index (χ2n) is 2.79. The maximum absolute atomic E-state index is 8.77. The number of nitrogens with zero attached hydrogens (tertiary/aromatic N) is 2. The smallest absolute Gasteiger partial charge is 0.115 e. The van der Waals surface area contributed by atoms with Crippen molar-refractivity contribution in [2.75, 3.05) is 6.61 Å². The molecule has 0 aliphatic heterocycles. The Morgan fingerprint density at radius 3 is 3.15 bits per heavy atom. The molecular weight excluding hydrogens is 188 g/mol. The van der Waals surface area contributed by atoms with Crippen molar-refractivity contribution >= 4 is 17.1 Å². The minimum absolute atomic E-state index is 0.113. The maximum atomic E-state index is 8.77. The maximum Gasteiger partial charge on any atom is 0.115 e. The van der Waals surface area contributed by atoms with Crippen LogP contribution in [0.4, 0.5) is 0 Å². The SMILES string of the molecule is OCCc1ncc2cc(Cl)ccn12. The fourth-order valence-electron chi connectivity index (χ4n) is 1.31. The first-order valence-corrected chi connectivity index (χ1v) is 4.41. The number of aliphatic hydroxyl groups excluding tert-OH is 1. The summed E-state index contributed by atoms with van der Waals surface area (Å²) in [6, 6.07) is 3.65. The van der Waals surface area contributed by atoms with Crippen molar-refractivity contribution in [1.82, 2.24) is 9.38 Å². The molecule has 13 heavy (non-hydrogen) atoms. The van der Waals surface area contributed by atoms with E-state index in [0.717, 1.165) is 11.3 Å². The van der Waals surface area contributed by atoms with Crippen molar-refractivity contribution in [2.45, 2.75) is 6.42 Å². The van der Waals surface area contributed by atoms with Crippen LogP contribution in [0.5, 0.6) is 0 Å². The molecule has 0 unspecified atom stereocenters. The number of aliphatic hydroxyl groups is 1. The Bertz CT molecular complexity index is 424. The lowest BCUT2D eigenvalue weighted by Crippen LogP contribution is -1.97. The van der Waals surface area contributed by atoms with Crippen LogP contribution < -0.4 is 0 Å². The van der Waals surface area contributed by atoms with Crippen molar-refractivity contribution in [2.24, 2.45) is 0 Å². The molecule has 0 fully saturated rings. The van der Waals surface area contributed by atoms with Crippen LogP contribution in [0.15, 0.2) is 24.5 Å². The van der Waals surface area contributed by atoms with Gasteiger partial charge in [0, 0.05) is 17.6 Å². The van der Waals surface area contributed by atoms with Gasteiger partial charge in [0.15, 0.2) is 0 Å². The molecule has 0 bridgehead atoms. The molecule has 0 aliphatic carbocycles. The quantitative estimate of drug-likeness (QED) is 0.791. The summed E-state index contributed by atoms with van der Waals surface area (Å²) in [5.41, 5.74) is 0.955. The molecule has 4 heteroatoms. The predicted octanol–water partition coefficient (Wildman–Crippen LogP) is 1.52. The van der Waals surface area contributed by atoms with Gasteiger partial charge in [0.2, 0.25) is 0 Å². The van der Waals surface area contributed by atoms with Gasteiger partial charge in [-0.1, -0.05) is 11.6 Å². The molecule has 2 rings (SSSR count). The Morgan fingerprint density at radius 1 is 1.54 bits per heavy atom. The van der Waals surface area contributed by atoms with Gasteiger partial charge < -0.3 is 9.51 Å². The van der Waals surface area contributed by atoms with Crippen LogP contribution in [0.2, 0.25) is 5.02 Å². The van der Waals surface area contributed by atoms with Gasteiger partial charge in [0.1, 0.15) is 5.82 Å². The Labute approximate surface area is 80.6 Å². The third kappa shape index (κ3) is 1.53. The summed E-state index contributed by atoms with van der Waals surface area (Å²) in [5.74, 6) is 0.856. The number of aromatic nitrogens is 2. The van der Waals surface area contributed by atoms with Crippen LogP contribution in [-0.2, 0) is 6.42 Å². The van der Waals surface area contributed by atoms with Gasteiger partial charge in [-0.25, -0.2) is 4.98 Å². The van der Waals surface area contributed by atoms with Gasteiger partial charge in [-0.3, -0.25) is 0 Å². The summed E-state index contributed by atoms with van der Waals surface area (Å²) in [4.78, 5) is 4.17. The third-order valence-electron chi connectivity index (χ3n) is 1.91. The topological polar surface area (TPSA) is 37.5 Å². The fraction of sp³-hybridized carbons (Fsp3) is 0.222. The minimum Gasteiger partial charge on any atom is -0.396 e. The highest BCUT2D eigenvalue weighted by molar-refractivity contribution is 6.30. The third-order valence-corrected chi connectivity index (χ3v) is 2.14. The zero-order valence-corrected chi connectivity index (χ0v) is 7.70.